The van der Waals surface area contributed by atoms with E-state index in [0.29, 0.717) is 5.69 Å². The Morgan fingerprint density at radius 1 is 1.00 bits per heavy atom. The van der Waals surface area contributed by atoms with Crippen molar-refractivity contribution in [1.82, 2.24) is 0 Å². The lowest BCUT2D eigenvalue weighted by atomic mass is 10.3. The van der Waals surface area contributed by atoms with Gasteiger partial charge in [0.2, 0.25) is 0 Å². The summed E-state index contributed by atoms with van der Waals surface area (Å²) in [6, 6.07) is 14.7. The molecule has 0 radical (unpaired) electrons. The average Bonchev–Trinajstić information content (AvgIpc) is 2.34. The molecule has 6 heteroatoms. The molecule has 94 valence electrons. The van der Waals surface area contributed by atoms with Gasteiger partial charge in [-0.25, -0.2) is 0 Å². The molecule has 0 saturated carbocycles. The van der Waals surface area contributed by atoms with Gasteiger partial charge in [-0.2, -0.15) is 0 Å². The molecule has 0 aliphatic carbocycles. The molecule has 0 heterocycles. The fourth-order valence-corrected chi connectivity index (χ4v) is 2.50. The van der Waals surface area contributed by atoms with Crippen LogP contribution in [0.5, 0.6) is 0 Å². The van der Waals surface area contributed by atoms with Crippen molar-refractivity contribution in [1.29, 1.82) is 0 Å². The molecule has 0 aliphatic rings. The van der Waals surface area contributed by atoms with Gasteiger partial charge in [0, 0.05) is 32.4 Å². The third kappa shape index (κ3) is 3.76. The highest BCUT2D eigenvalue weighted by atomic mass is 32.2. The van der Waals surface area contributed by atoms with Gasteiger partial charge in [-0.05, 0) is 48.5 Å². The Balaban J connectivity index is 2.06. The van der Waals surface area contributed by atoms with Crippen LogP contribution in [0.4, 0.5) is 11.4 Å². The maximum absolute atomic E-state index is 10.4. The topological polar surface area (TPSA) is 78.2 Å². The molecule has 3 N–H and O–H groups in total. The maximum Gasteiger partial charge on any atom is 0.0453 e. The van der Waals surface area contributed by atoms with E-state index in [1.54, 1.807) is 23.9 Å². The molecule has 2 aromatic rings. The number of benzene rings is 2. The summed E-state index contributed by atoms with van der Waals surface area (Å²) >= 11 is -0.698. The minimum atomic E-state index is -2.28. The number of rotatable bonds is 4. The van der Waals surface area contributed by atoms with E-state index in [4.69, 9.17) is 5.73 Å². The van der Waals surface area contributed by atoms with E-state index in [1.165, 1.54) is 0 Å². The Kier molecular flexibility index (Phi) is 4.24. The summed E-state index contributed by atoms with van der Waals surface area (Å²) in [7, 11) is 0. The molecule has 0 aliphatic heterocycles. The van der Waals surface area contributed by atoms with E-state index in [2.05, 4.69) is 4.72 Å². The normalized spacial score (nSPS) is 12.1. The third-order valence-electron chi connectivity index (χ3n) is 2.17. The third-order valence-corrected chi connectivity index (χ3v) is 3.59. The lowest BCUT2D eigenvalue weighted by Crippen LogP contribution is -2.01. The van der Waals surface area contributed by atoms with Gasteiger partial charge in [-0.1, -0.05) is 11.8 Å². The molecule has 4 nitrogen and oxygen atoms in total. The van der Waals surface area contributed by atoms with Crippen LogP contribution in [0.2, 0.25) is 0 Å². The van der Waals surface area contributed by atoms with Crippen molar-refractivity contribution in [3.8, 4) is 0 Å². The van der Waals surface area contributed by atoms with Gasteiger partial charge in [0.25, 0.3) is 0 Å². The molecule has 2 aromatic carbocycles. The molecule has 0 spiro atoms. The summed E-state index contributed by atoms with van der Waals surface area (Å²) in [5.74, 6) is 0. The highest BCUT2D eigenvalue weighted by Crippen LogP contribution is 2.28. The van der Waals surface area contributed by atoms with E-state index < -0.39 is 11.3 Å². The zero-order chi connectivity index (χ0) is 13.0. The van der Waals surface area contributed by atoms with E-state index in [0.717, 1.165) is 15.5 Å². The first-order valence-corrected chi connectivity index (χ1v) is 7.02. The van der Waals surface area contributed by atoms with Crippen LogP contribution in [0.3, 0.4) is 0 Å². The highest BCUT2D eigenvalue weighted by molar-refractivity contribution is 7.99. The molecular formula is C12H11N2O2S2-. The molecule has 0 aromatic heterocycles. The zero-order valence-electron chi connectivity index (χ0n) is 9.33. The van der Waals surface area contributed by atoms with Crippen LogP contribution in [-0.2, 0) is 11.3 Å². The SMILES string of the molecule is Nc1ccc(Sc2ccc(NS(=O)[O-])cc2)cc1. The van der Waals surface area contributed by atoms with Crippen LogP contribution < -0.4 is 10.5 Å². The van der Waals surface area contributed by atoms with E-state index in [9.17, 15) is 8.76 Å². The Bertz CT molecular complexity index is 541. The smallest absolute Gasteiger partial charge is 0.0453 e. The van der Waals surface area contributed by atoms with Crippen LogP contribution in [0.15, 0.2) is 58.3 Å². The summed E-state index contributed by atoms with van der Waals surface area (Å²) in [5, 5.41) is 0. The van der Waals surface area contributed by atoms with Crippen LogP contribution in [0, 0.1) is 0 Å². The molecule has 0 bridgehead atoms. The quantitative estimate of drug-likeness (QED) is 0.666. The predicted octanol–water partition coefficient (Wildman–Crippen LogP) is 2.63. The molecule has 18 heavy (non-hydrogen) atoms. The van der Waals surface area contributed by atoms with Gasteiger partial charge in [0.15, 0.2) is 0 Å². The molecule has 0 amide bonds. The standard InChI is InChI=1S/C12H12N2O2S2/c13-9-1-5-11(6-2-9)17-12-7-3-10(4-8-12)14-18(15)16/h1-8,14H,13H2,(H,15,16)/p-1. The van der Waals surface area contributed by atoms with Crippen LogP contribution >= 0.6 is 11.8 Å². The van der Waals surface area contributed by atoms with Crippen molar-refractivity contribution < 1.29 is 8.76 Å². The summed E-state index contributed by atoms with van der Waals surface area (Å²) in [6.45, 7) is 0. The Labute approximate surface area is 112 Å². The number of hydrogen-bond donors (Lipinski definition) is 2. The summed E-state index contributed by atoms with van der Waals surface area (Å²) < 4.78 is 23.2. The van der Waals surface area contributed by atoms with E-state index in [-0.39, 0.29) is 0 Å². The maximum atomic E-state index is 10.4. The van der Waals surface area contributed by atoms with Gasteiger partial charge in [0.05, 0.1) is 0 Å². The summed E-state index contributed by atoms with van der Waals surface area (Å²) in [4.78, 5) is 2.11. The lowest BCUT2D eigenvalue weighted by Gasteiger charge is -2.09. The minimum absolute atomic E-state index is 0.546. The summed E-state index contributed by atoms with van der Waals surface area (Å²) in [6.07, 6.45) is 0. The van der Waals surface area contributed by atoms with Crippen molar-refractivity contribution in [3.05, 3.63) is 48.5 Å². The molecule has 1 atom stereocenters. The second-order valence-corrected chi connectivity index (χ2v) is 5.35. The first kappa shape index (κ1) is 12.9. The minimum Gasteiger partial charge on any atom is -0.755 e. The second-order valence-electron chi connectivity index (χ2n) is 3.53. The van der Waals surface area contributed by atoms with Gasteiger partial charge in [-0.15, -0.1) is 0 Å². The highest BCUT2D eigenvalue weighted by Gasteiger charge is 1.98. The van der Waals surface area contributed by atoms with Crippen LogP contribution in [-0.4, -0.2) is 8.76 Å². The molecule has 0 fully saturated rings. The predicted molar refractivity (Wildman–Crippen MR) is 74.0 cm³/mol. The molecular weight excluding hydrogens is 268 g/mol. The van der Waals surface area contributed by atoms with Crippen molar-refractivity contribution >= 4 is 34.4 Å². The van der Waals surface area contributed by atoms with Gasteiger partial charge in [0.1, 0.15) is 0 Å². The first-order chi connectivity index (χ1) is 8.63. The zero-order valence-corrected chi connectivity index (χ0v) is 11.0. The second kappa shape index (κ2) is 5.90. The van der Waals surface area contributed by atoms with E-state index >= 15 is 0 Å². The number of nitrogens with one attached hydrogen (secondary N) is 1. The van der Waals surface area contributed by atoms with Crippen LogP contribution in [0.1, 0.15) is 0 Å². The van der Waals surface area contributed by atoms with Gasteiger partial charge in [-0.3, -0.25) is 4.21 Å². The molecule has 0 saturated heterocycles. The fourth-order valence-electron chi connectivity index (χ4n) is 1.36. The van der Waals surface area contributed by atoms with Crippen molar-refractivity contribution in [2.75, 3.05) is 10.5 Å². The fraction of sp³-hybridized carbons (Fsp3) is 0. The van der Waals surface area contributed by atoms with Crippen molar-refractivity contribution in [2.45, 2.75) is 9.79 Å². The largest absolute Gasteiger partial charge is 0.755 e. The number of hydrogen-bond acceptors (Lipinski definition) is 4. The number of nitrogens with two attached hydrogens (primary N) is 1. The van der Waals surface area contributed by atoms with Crippen LogP contribution in [0.25, 0.3) is 0 Å². The van der Waals surface area contributed by atoms with Crippen molar-refractivity contribution in [2.24, 2.45) is 0 Å². The van der Waals surface area contributed by atoms with Gasteiger partial charge >= 0.3 is 0 Å². The molecule has 1 unspecified atom stereocenters. The van der Waals surface area contributed by atoms with Crippen molar-refractivity contribution in [3.63, 3.8) is 0 Å². The number of anilines is 2. The molecule has 2 rings (SSSR count). The number of nitrogen functional groups attached to an aromatic ring is 1. The lowest BCUT2D eigenvalue weighted by molar-refractivity contribution is 0.542. The Hall–Kier alpha value is -1.50. The Morgan fingerprint density at radius 3 is 2.00 bits per heavy atom. The first-order valence-electron chi connectivity index (χ1n) is 5.13. The Morgan fingerprint density at radius 2 is 1.50 bits per heavy atom. The summed E-state index contributed by atoms with van der Waals surface area (Å²) in [5.41, 5.74) is 6.89. The monoisotopic (exact) mass is 279 g/mol. The average molecular weight is 279 g/mol. The van der Waals surface area contributed by atoms with Gasteiger partial charge < -0.3 is 15.0 Å². The van der Waals surface area contributed by atoms with E-state index in [1.807, 2.05) is 36.4 Å².